The number of nitrogens with one attached hydrogen (secondary N) is 1. The normalized spacial score (nSPS) is 17.5. The Morgan fingerprint density at radius 2 is 2.33 bits per heavy atom. The predicted molar refractivity (Wildman–Crippen MR) is 78.6 cm³/mol. The molecule has 1 atom stereocenters. The molecule has 1 saturated heterocycles. The summed E-state index contributed by atoms with van der Waals surface area (Å²) in [5.41, 5.74) is 0.569. The van der Waals surface area contributed by atoms with Crippen molar-refractivity contribution in [1.29, 1.82) is 0 Å². The van der Waals surface area contributed by atoms with Gasteiger partial charge in [-0.05, 0) is 25.0 Å². The number of nitro groups is 1. The Labute approximate surface area is 123 Å². The summed E-state index contributed by atoms with van der Waals surface area (Å²) in [5.74, 6) is -0.366. The van der Waals surface area contributed by atoms with Gasteiger partial charge >= 0.3 is 0 Å². The van der Waals surface area contributed by atoms with Gasteiger partial charge in [0.15, 0.2) is 0 Å². The van der Waals surface area contributed by atoms with Crippen LogP contribution >= 0.6 is 0 Å². The van der Waals surface area contributed by atoms with Gasteiger partial charge in [0.05, 0.1) is 11.0 Å². The zero-order chi connectivity index (χ0) is 15.4. The second-order valence-electron chi connectivity index (χ2n) is 5.06. The molecule has 0 radical (unpaired) electrons. The summed E-state index contributed by atoms with van der Waals surface area (Å²) in [4.78, 5) is 24.5. The zero-order valence-electron chi connectivity index (χ0n) is 12.2. The van der Waals surface area contributed by atoms with Crippen molar-refractivity contribution in [2.45, 2.75) is 18.9 Å². The van der Waals surface area contributed by atoms with Gasteiger partial charge < -0.3 is 15.0 Å². The molecule has 21 heavy (non-hydrogen) atoms. The molecule has 1 unspecified atom stereocenters. The molecule has 1 fully saturated rings. The molecular formula is C14H19N3O4. The van der Waals surface area contributed by atoms with E-state index in [1.54, 1.807) is 20.2 Å². The van der Waals surface area contributed by atoms with Crippen LogP contribution in [-0.2, 0) is 4.74 Å². The monoisotopic (exact) mass is 293 g/mol. The van der Waals surface area contributed by atoms with Crippen LogP contribution in [0.5, 0.6) is 0 Å². The molecule has 1 aliphatic rings. The van der Waals surface area contributed by atoms with Crippen LogP contribution in [0.3, 0.4) is 0 Å². The molecule has 0 saturated carbocycles. The molecule has 2 rings (SSSR count). The first-order valence-corrected chi connectivity index (χ1v) is 6.86. The number of carbonyl (C=O) groups excluding carboxylic acids is 1. The molecule has 0 spiro atoms. The third kappa shape index (κ3) is 3.49. The van der Waals surface area contributed by atoms with E-state index in [2.05, 4.69) is 5.32 Å². The van der Waals surface area contributed by atoms with Crippen LogP contribution in [0.1, 0.15) is 23.2 Å². The van der Waals surface area contributed by atoms with Crippen molar-refractivity contribution in [2.24, 2.45) is 0 Å². The zero-order valence-corrected chi connectivity index (χ0v) is 12.2. The summed E-state index contributed by atoms with van der Waals surface area (Å²) in [6.45, 7) is 1.15. The molecule has 114 valence electrons. The molecule has 0 aromatic heterocycles. The highest BCUT2D eigenvalue weighted by molar-refractivity contribution is 5.99. The van der Waals surface area contributed by atoms with Gasteiger partial charge in [-0.1, -0.05) is 0 Å². The summed E-state index contributed by atoms with van der Waals surface area (Å²) >= 11 is 0. The third-order valence-corrected chi connectivity index (χ3v) is 3.56. The Morgan fingerprint density at radius 3 is 2.90 bits per heavy atom. The molecular weight excluding hydrogens is 274 g/mol. The van der Waals surface area contributed by atoms with E-state index < -0.39 is 4.92 Å². The average Bonchev–Trinajstić information content (AvgIpc) is 2.98. The minimum atomic E-state index is -0.535. The Morgan fingerprint density at radius 1 is 1.57 bits per heavy atom. The summed E-state index contributed by atoms with van der Waals surface area (Å²) < 4.78 is 5.49. The summed E-state index contributed by atoms with van der Waals surface area (Å²) in [6, 6.07) is 4.43. The van der Waals surface area contributed by atoms with Gasteiger partial charge in [-0.3, -0.25) is 14.9 Å². The lowest BCUT2D eigenvalue weighted by atomic mass is 10.1. The molecule has 1 amide bonds. The fourth-order valence-electron chi connectivity index (χ4n) is 2.40. The number of likely N-dealkylation sites (N-methyl/N-ethyl adjacent to an activating group) is 1. The first-order chi connectivity index (χ1) is 10.0. The van der Waals surface area contributed by atoms with Crippen molar-refractivity contribution in [3.63, 3.8) is 0 Å². The number of rotatable bonds is 5. The minimum Gasteiger partial charge on any atom is -0.388 e. The maximum Gasteiger partial charge on any atom is 0.282 e. The Hall–Kier alpha value is -2.15. The quantitative estimate of drug-likeness (QED) is 0.662. The van der Waals surface area contributed by atoms with E-state index in [9.17, 15) is 14.9 Å². The standard InChI is InChI=1S/C14H19N3O4/c1-15-10-5-6-13(17(19)20)12(8-10)14(18)16(2)9-11-4-3-7-21-11/h5-6,8,11,15H,3-4,7,9H2,1-2H3. The van der Waals surface area contributed by atoms with Gasteiger partial charge in [-0.25, -0.2) is 0 Å². The number of amides is 1. The molecule has 7 heteroatoms. The van der Waals surface area contributed by atoms with Crippen LogP contribution < -0.4 is 5.32 Å². The highest BCUT2D eigenvalue weighted by atomic mass is 16.6. The SMILES string of the molecule is CNc1ccc([N+](=O)[O-])c(C(=O)N(C)CC2CCCO2)c1. The lowest BCUT2D eigenvalue weighted by Crippen LogP contribution is -2.34. The Balaban J connectivity index is 2.21. The van der Waals surface area contributed by atoms with Gasteiger partial charge in [0.2, 0.25) is 0 Å². The third-order valence-electron chi connectivity index (χ3n) is 3.56. The molecule has 7 nitrogen and oxygen atoms in total. The Kier molecular flexibility index (Phi) is 4.74. The van der Waals surface area contributed by atoms with Gasteiger partial charge in [-0.15, -0.1) is 0 Å². The number of nitrogens with zero attached hydrogens (tertiary/aromatic N) is 2. The summed E-state index contributed by atoms with van der Waals surface area (Å²) in [6.07, 6.45) is 1.92. The number of ether oxygens (including phenoxy) is 1. The maximum atomic E-state index is 12.5. The molecule has 0 bridgehead atoms. The van der Waals surface area contributed by atoms with E-state index in [0.717, 1.165) is 12.8 Å². The number of nitro benzene ring substituents is 1. The number of anilines is 1. The fourth-order valence-corrected chi connectivity index (χ4v) is 2.40. The second kappa shape index (κ2) is 6.53. The van der Waals surface area contributed by atoms with Crippen LogP contribution in [0.4, 0.5) is 11.4 Å². The van der Waals surface area contributed by atoms with Crippen molar-refractivity contribution in [3.05, 3.63) is 33.9 Å². The van der Waals surface area contributed by atoms with E-state index in [-0.39, 0.29) is 23.3 Å². The molecule has 1 aromatic carbocycles. The second-order valence-corrected chi connectivity index (χ2v) is 5.06. The van der Waals surface area contributed by atoms with Crippen molar-refractivity contribution >= 4 is 17.3 Å². The van der Waals surface area contributed by atoms with Crippen LogP contribution in [0, 0.1) is 10.1 Å². The van der Waals surface area contributed by atoms with E-state index in [1.165, 1.54) is 17.0 Å². The number of hydrogen-bond acceptors (Lipinski definition) is 5. The Bertz CT molecular complexity index is 541. The van der Waals surface area contributed by atoms with Crippen LogP contribution in [0.2, 0.25) is 0 Å². The average molecular weight is 293 g/mol. The molecule has 1 N–H and O–H groups in total. The molecule has 1 aliphatic heterocycles. The summed E-state index contributed by atoms with van der Waals surface area (Å²) in [7, 11) is 3.34. The first kappa shape index (κ1) is 15.2. The topological polar surface area (TPSA) is 84.7 Å². The summed E-state index contributed by atoms with van der Waals surface area (Å²) in [5, 5.41) is 14.0. The highest BCUT2D eigenvalue weighted by Gasteiger charge is 2.26. The van der Waals surface area contributed by atoms with E-state index in [4.69, 9.17) is 4.74 Å². The van der Waals surface area contributed by atoms with Crippen LogP contribution in [0.25, 0.3) is 0 Å². The van der Waals surface area contributed by atoms with E-state index >= 15 is 0 Å². The molecule has 1 heterocycles. The highest BCUT2D eigenvalue weighted by Crippen LogP contribution is 2.24. The largest absolute Gasteiger partial charge is 0.388 e. The van der Waals surface area contributed by atoms with Gasteiger partial charge in [0.1, 0.15) is 5.56 Å². The molecule has 0 aliphatic carbocycles. The van der Waals surface area contributed by atoms with Crippen molar-refractivity contribution in [1.82, 2.24) is 4.90 Å². The smallest absolute Gasteiger partial charge is 0.282 e. The van der Waals surface area contributed by atoms with Crippen molar-refractivity contribution in [2.75, 3.05) is 32.6 Å². The maximum absolute atomic E-state index is 12.5. The number of carbonyl (C=O) groups is 1. The van der Waals surface area contributed by atoms with Gasteiger partial charge in [-0.2, -0.15) is 0 Å². The fraction of sp³-hybridized carbons (Fsp3) is 0.500. The van der Waals surface area contributed by atoms with E-state index in [0.29, 0.717) is 18.8 Å². The van der Waals surface area contributed by atoms with Crippen LogP contribution in [-0.4, -0.2) is 49.1 Å². The minimum absolute atomic E-state index is 0.0190. The predicted octanol–water partition coefficient (Wildman–Crippen LogP) is 1.89. The van der Waals surface area contributed by atoms with Crippen LogP contribution in [0.15, 0.2) is 18.2 Å². The van der Waals surface area contributed by atoms with Crippen molar-refractivity contribution in [3.8, 4) is 0 Å². The lowest BCUT2D eigenvalue weighted by Gasteiger charge is -2.21. The van der Waals surface area contributed by atoms with Gasteiger partial charge in [0, 0.05) is 39.0 Å². The number of benzene rings is 1. The van der Waals surface area contributed by atoms with Crippen molar-refractivity contribution < 1.29 is 14.5 Å². The first-order valence-electron chi connectivity index (χ1n) is 6.86. The molecule has 1 aromatic rings. The van der Waals surface area contributed by atoms with Gasteiger partial charge in [0.25, 0.3) is 11.6 Å². The van der Waals surface area contributed by atoms with E-state index in [1.807, 2.05) is 0 Å². The lowest BCUT2D eigenvalue weighted by molar-refractivity contribution is -0.385. The number of hydrogen-bond donors (Lipinski definition) is 1.